The summed E-state index contributed by atoms with van der Waals surface area (Å²) in [6.07, 6.45) is -15.3. The molecule has 0 aliphatic heterocycles. The van der Waals surface area contributed by atoms with Crippen LogP contribution < -0.4 is 0 Å². The molecule has 0 radical (unpaired) electrons. The van der Waals surface area contributed by atoms with E-state index in [4.69, 9.17) is 9.84 Å². The van der Waals surface area contributed by atoms with E-state index >= 15 is 0 Å². The van der Waals surface area contributed by atoms with Crippen LogP contribution in [0, 0.1) is 0 Å². The Bertz CT molecular complexity index is 957. The van der Waals surface area contributed by atoms with Crippen molar-refractivity contribution in [1.82, 2.24) is 0 Å². The van der Waals surface area contributed by atoms with Crippen LogP contribution in [-0.4, -0.2) is 109 Å². The zero-order valence-corrected chi connectivity index (χ0v) is 21.4. The highest BCUT2D eigenvalue weighted by Crippen LogP contribution is 2.64. The maximum atomic E-state index is 13.9. The predicted octanol–water partition coefficient (Wildman–Crippen LogP) is 6.30. The number of hydrogen-bond acceptors (Lipinski definition) is 3. The number of carboxylic acid groups (broad SMARTS) is 1. The van der Waals surface area contributed by atoms with Crippen LogP contribution >= 0.6 is 0 Å². The lowest BCUT2D eigenvalue weighted by atomic mass is 9.88. The van der Waals surface area contributed by atoms with Gasteiger partial charge in [0.15, 0.2) is 5.78 Å². The summed E-state index contributed by atoms with van der Waals surface area (Å²) in [5.41, 5.74) is 0. The number of alkyl halides is 17. The fraction of sp³-hybridized carbons (Fsp3) is 0.900. The van der Waals surface area contributed by atoms with E-state index in [9.17, 15) is 84.2 Å². The molecule has 5 nitrogen and oxygen atoms in total. The number of carbonyl (C=O) groups is 2. The Morgan fingerprint density at radius 2 is 1.05 bits per heavy atom. The molecule has 1 atom stereocenters. The molecule has 250 valence electrons. The summed E-state index contributed by atoms with van der Waals surface area (Å²) in [7, 11) is 4.67. The van der Waals surface area contributed by atoms with Crippen LogP contribution in [-0.2, 0) is 14.3 Å². The van der Waals surface area contributed by atoms with Gasteiger partial charge in [-0.2, -0.15) is 74.6 Å². The van der Waals surface area contributed by atoms with Crippen molar-refractivity contribution in [2.75, 3.05) is 34.3 Å². The zero-order chi connectivity index (χ0) is 34.2. The summed E-state index contributed by atoms with van der Waals surface area (Å²) < 4.78 is 231. The van der Waals surface area contributed by atoms with Gasteiger partial charge < -0.3 is 14.3 Å². The molecular formula is C20H23F17NO4+. The fourth-order valence-electron chi connectivity index (χ4n) is 3.13. The minimum atomic E-state index is -8.70. The molecule has 0 saturated heterocycles. The minimum absolute atomic E-state index is 0.0499. The Morgan fingerprint density at radius 3 is 1.40 bits per heavy atom. The summed E-state index contributed by atoms with van der Waals surface area (Å²) in [5, 5.41) is 8.83. The first kappa shape index (κ1) is 39.9. The van der Waals surface area contributed by atoms with E-state index in [2.05, 4.69) is 0 Å². The van der Waals surface area contributed by atoms with E-state index in [-0.39, 0.29) is 11.0 Å². The molecule has 1 unspecified atom stereocenters. The second-order valence-electron chi connectivity index (χ2n) is 10.0. The van der Waals surface area contributed by atoms with Crippen molar-refractivity contribution in [2.24, 2.45) is 0 Å². The van der Waals surface area contributed by atoms with Gasteiger partial charge in [0.05, 0.1) is 27.6 Å². The van der Waals surface area contributed by atoms with Crippen molar-refractivity contribution < 1.29 is 98.6 Å². The van der Waals surface area contributed by atoms with Crippen molar-refractivity contribution in [2.45, 2.75) is 79.4 Å². The summed E-state index contributed by atoms with van der Waals surface area (Å²) >= 11 is 0. The van der Waals surface area contributed by atoms with Gasteiger partial charge in [-0.3, -0.25) is 9.59 Å². The van der Waals surface area contributed by atoms with Crippen molar-refractivity contribution in [3.63, 3.8) is 0 Å². The number of hydrogen-bond donors (Lipinski definition) is 1. The first-order chi connectivity index (χ1) is 18.1. The number of carboxylic acids is 1. The van der Waals surface area contributed by atoms with Gasteiger partial charge in [0.1, 0.15) is 19.3 Å². The smallest absolute Gasteiger partial charge is 0.460 e. The van der Waals surface area contributed by atoms with Crippen LogP contribution in [0.1, 0.15) is 25.7 Å². The number of ether oxygens (including phenoxy) is 1. The van der Waals surface area contributed by atoms with Crippen molar-refractivity contribution >= 4 is 11.8 Å². The molecule has 0 amide bonds. The van der Waals surface area contributed by atoms with Gasteiger partial charge >= 0.3 is 53.6 Å². The Labute approximate surface area is 225 Å². The maximum absolute atomic E-state index is 13.9. The van der Waals surface area contributed by atoms with Gasteiger partial charge in [0.2, 0.25) is 0 Å². The molecule has 0 fully saturated rings. The largest absolute Gasteiger partial charge is 0.481 e. The fourth-order valence-corrected chi connectivity index (χ4v) is 3.13. The molecule has 0 aliphatic carbocycles. The van der Waals surface area contributed by atoms with Crippen LogP contribution in [0.25, 0.3) is 0 Å². The number of likely N-dealkylation sites (N-methyl/N-ethyl adjacent to an activating group) is 1. The number of rotatable bonds is 17. The Hall–Kier alpha value is -2.13. The average Bonchev–Trinajstić information content (AvgIpc) is 2.74. The molecule has 42 heavy (non-hydrogen) atoms. The summed E-state index contributed by atoms with van der Waals surface area (Å²) in [6.45, 7) is -1.12. The Kier molecular flexibility index (Phi) is 11.5. The van der Waals surface area contributed by atoms with Crippen molar-refractivity contribution in [1.29, 1.82) is 0 Å². The Balaban J connectivity index is 5.85. The van der Waals surface area contributed by atoms with Crippen LogP contribution in [0.5, 0.6) is 0 Å². The number of quaternary nitrogens is 1. The molecule has 0 saturated carbocycles. The third kappa shape index (κ3) is 7.68. The van der Waals surface area contributed by atoms with Crippen molar-refractivity contribution in [3.8, 4) is 0 Å². The molecule has 0 aromatic rings. The van der Waals surface area contributed by atoms with Crippen molar-refractivity contribution in [3.05, 3.63) is 0 Å². The van der Waals surface area contributed by atoms with Gasteiger partial charge in [0, 0.05) is 12.8 Å². The first-order valence-corrected chi connectivity index (χ1v) is 11.0. The van der Waals surface area contributed by atoms with Crippen LogP contribution in [0.2, 0.25) is 0 Å². The topological polar surface area (TPSA) is 63.6 Å². The van der Waals surface area contributed by atoms with E-state index in [0.29, 0.717) is 0 Å². The molecule has 22 heteroatoms. The lowest BCUT2D eigenvalue weighted by molar-refractivity contribution is -0.873. The first-order valence-electron chi connectivity index (χ1n) is 11.0. The standard InChI is InChI=1S/C20H22F17NO4/c1-38(2,3)8-11(7-12(40)41)42-9-10(39)5-4-6-13(21,22)14(23,24)15(25,26)16(27,28)17(29,30)18(31,32)19(33,34)20(35,36)37/h11H,4-9H2,1-3H3/p+1. The molecule has 0 bridgehead atoms. The highest BCUT2D eigenvalue weighted by atomic mass is 19.4. The van der Waals surface area contributed by atoms with Gasteiger partial charge in [-0.25, -0.2) is 0 Å². The quantitative estimate of drug-likeness (QED) is 0.147. The molecule has 0 spiro atoms. The molecule has 0 aliphatic rings. The SMILES string of the molecule is C[N+](C)(C)CC(CC(=O)O)OCC(=O)CCCC(F)(F)C(F)(F)C(F)(F)C(F)(F)C(F)(F)C(F)(F)C(F)(F)C(F)(F)F. The molecule has 0 aromatic heterocycles. The second kappa shape index (κ2) is 12.1. The highest BCUT2D eigenvalue weighted by molar-refractivity contribution is 5.79. The summed E-state index contributed by atoms with van der Waals surface area (Å²) in [6, 6.07) is 0. The van der Waals surface area contributed by atoms with E-state index in [1.165, 1.54) is 0 Å². The maximum Gasteiger partial charge on any atom is 0.460 e. The number of carbonyl (C=O) groups excluding carboxylic acids is 1. The third-order valence-electron chi connectivity index (χ3n) is 5.37. The highest BCUT2D eigenvalue weighted by Gasteiger charge is 2.95. The number of aliphatic carboxylic acids is 1. The minimum Gasteiger partial charge on any atom is -0.481 e. The molecule has 0 rings (SSSR count). The summed E-state index contributed by atoms with van der Waals surface area (Å²) in [5.74, 6) is -59.6. The van der Waals surface area contributed by atoms with Gasteiger partial charge in [-0.1, -0.05) is 0 Å². The third-order valence-corrected chi connectivity index (χ3v) is 5.37. The van der Waals surface area contributed by atoms with Gasteiger partial charge in [-0.05, 0) is 6.42 Å². The second-order valence-corrected chi connectivity index (χ2v) is 10.0. The lowest BCUT2D eigenvalue weighted by Gasteiger charge is -2.42. The number of nitrogens with zero attached hydrogens (tertiary/aromatic N) is 1. The van der Waals surface area contributed by atoms with Crippen LogP contribution in [0.3, 0.4) is 0 Å². The van der Waals surface area contributed by atoms with E-state index in [0.717, 1.165) is 0 Å². The molecule has 0 aromatic carbocycles. The van der Waals surface area contributed by atoms with E-state index < -0.39 is 97.8 Å². The number of ketones is 1. The predicted molar refractivity (Wildman–Crippen MR) is 104 cm³/mol. The van der Waals surface area contributed by atoms with E-state index in [1.54, 1.807) is 21.1 Å². The Morgan fingerprint density at radius 1 is 0.667 bits per heavy atom. The van der Waals surface area contributed by atoms with E-state index in [1.807, 2.05) is 0 Å². The van der Waals surface area contributed by atoms with Crippen LogP contribution in [0.15, 0.2) is 0 Å². The van der Waals surface area contributed by atoms with Gasteiger partial charge in [0.25, 0.3) is 0 Å². The molecular weight excluding hydrogens is 641 g/mol. The number of Topliss-reactive ketones (excluding diaryl/α,β-unsaturated/α-hetero) is 1. The normalized spacial score (nSPS) is 16.0. The molecule has 1 N–H and O–H groups in total. The number of halogens is 17. The van der Waals surface area contributed by atoms with Crippen LogP contribution in [0.4, 0.5) is 74.6 Å². The lowest BCUT2D eigenvalue weighted by Crippen LogP contribution is -2.74. The average molecular weight is 664 g/mol. The monoisotopic (exact) mass is 664 g/mol. The van der Waals surface area contributed by atoms with Gasteiger partial charge in [-0.15, -0.1) is 0 Å². The zero-order valence-electron chi connectivity index (χ0n) is 21.4. The molecule has 0 heterocycles. The summed E-state index contributed by atoms with van der Waals surface area (Å²) in [4.78, 5) is 22.6.